The lowest BCUT2D eigenvalue weighted by atomic mass is 9.84. The van der Waals surface area contributed by atoms with Crippen LogP contribution in [-0.4, -0.2) is 40.2 Å². The van der Waals surface area contributed by atoms with Crippen molar-refractivity contribution in [3.8, 4) is 0 Å². The highest BCUT2D eigenvalue weighted by Gasteiger charge is 2.36. The van der Waals surface area contributed by atoms with Gasteiger partial charge in [-0.25, -0.2) is 9.59 Å². The van der Waals surface area contributed by atoms with Crippen LogP contribution in [0.4, 0.5) is 16.2 Å². The minimum absolute atomic E-state index is 0.0150. The van der Waals surface area contributed by atoms with Crippen LogP contribution < -0.4 is 5.32 Å². The van der Waals surface area contributed by atoms with E-state index in [0.717, 1.165) is 18.7 Å². The average Bonchev–Trinajstić information content (AvgIpc) is 2.69. The third-order valence-electron chi connectivity index (χ3n) is 4.55. The second-order valence-electron chi connectivity index (χ2n) is 6.47. The summed E-state index contributed by atoms with van der Waals surface area (Å²) in [5, 5.41) is 34.0. The van der Waals surface area contributed by atoms with Crippen molar-refractivity contribution in [1.29, 1.82) is 0 Å². The van der Waals surface area contributed by atoms with Gasteiger partial charge in [0.1, 0.15) is 6.04 Å². The molecular weight excluding hydrogens is 398 g/mol. The number of carbonyl (C=O) groups excluding carboxylic acids is 1. The van der Waals surface area contributed by atoms with Crippen molar-refractivity contribution in [2.45, 2.75) is 25.3 Å². The number of amides is 1. The fourth-order valence-electron chi connectivity index (χ4n) is 3.26. The largest absolute Gasteiger partial charge is 0.467 e. The number of carbonyl (C=O) groups is 2. The number of aryl methyl sites for hydroxylation is 1. The highest BCUT2D eigenvalue weighted by molar-refractivity contribution is 5.82. The molecule has 1 amide bonds. The summed E-state index contributed by atoms with van der Waals surface area (Å²) in [6.07, 6.45) is -1.37. The van der Waals surface area contributed by atoms with Gasteiger partial charge in [-0.05, 0) is 30.5 Å². The van der Waals surface area contributed by atoms with Gasteiger partial charge in [0.05, 0.1) is 17.0 Å². The van der Waals surface area contributed by atoms with Gasteiger partial charge in [0.25, 0.3) is 0 Å². The minimum atomic E-state index is -1.49. The molecule has 0 radical (unpaired) electrons. The SMILES string of the molecule is COC(=O)C(NC(=O)O)[C@@H](Cc1ccccc1)c1cc(C)c([N+](=O)[O-])c([N+](=O)[O-])c1. The molecule has 0 spiro atoms. The minimum Gasteiger partial charge on any atom is -0.467 e. The first-order valence-electron chi connectivity index (χ1n) is 8.70. The van der Waals surface area contributed by atoms with E-state index in [-0.39, 0.29) is 17.5 Å². The number of nitro benzene ring substituents is 2. The Morgan fingerprint density at radius 2 is 1.77 bits per heavy atom. The van der Waals surface area contributed by atoms with Crippen LogP contribution in [0.15, 0.2) is 42.5 Å². The summed E-state index contributed by atoms with van der Waals surface area (Å²) in [4.78, 5) is 44.6. The highest BCUT2D eigenvalue weighted by Crippen LogP contribution is 2.36. The summed E-state index contributed by atoms with van der Waals surface area (Å²) >= 11 is 0. The number of carboxylic acid groups (broad SMARTS) is 1. The Balaban J connectivity index is 2.69. The molecular formula is C19H19N3O8. The van der Waals surface area contributed by atoms with Gasteiger partial charge < -0.3 is 15.2 Å². The van der Waals surface area contributed by atoms with Crippen LogP contribution >= 0.6 is 0 Å². The summed E-state index contributed by atoms with van der Waals surface area (Å²) in [7, 11) is 1.09. The zero-order chi connectivity index (χ0) is 22.4. The van der Waals surface area contributed by atoms with Gasteiger partial charge in [-0.1, -0.05) is 30.3 Å². The van der Waals surface area contributed by atoms with E-state index in [2.05, 4.69) is 5.32 Å². The van der Waals surface area contributed by atoms with Crippen LogP contribution in [-0.2, 0) is 16.0 Å². The van der Waals surface area contributed by atoms with Gasteiger partial charge in [0.2, 0.25) is 0 Å². The molecule has 0 saturated carbocycles. The van der Waals surface area contributed by atoms with Gasteiger partial charge in [0.15, 0.2) is 0 Å². The third-order valence-corrected chi connectivity index (χ3v) is 4.55. The molecule has 158 valence electrons. The standard InChI is InChI=1S/C19H19N3O8/c1-11-8-13(10-15(21(26)27)17(11)22(28)29)14(9-12-6-4-3-5-7-12)16(18(23)30-2)20-19(24)25/h3-8,10,14,16,20H,9H2,1-2H3,(H,24,25)/t14-,16?/m0/s1. The van der Waals surface area contributed by atoms with E-state index in [1.54, 1.807) is 30.3 Å². The van der Waals surface area contributed by atoms with E-state index < -0.39 is 45.2 Å². The molecule has 0 bridgehead atoms. The molecule has 1 unspecified atom stereocenters. The molecule has 0 aliphatic heterocycles. The molecule has 11 heteroatoms. The van der Waals surface area contributed by atoms with Crippen LogP contribution in [0.2, 0.25) is 0 Å². The van der Waals surface area contributed by atoms with Crippen molar-refractivity contribution in [2.24, 2.45) is 0 Å². The lowest BCUT2D eigenvalue weighted by Crippen LogP contribution is -2.45. The normalized spacial score (nSPS) is 12.5. The molecule has 2 rings (SSSR count). The maximum atomic E-state index is 12.3. The van der Waals surface area contributed by atoms with Crippen molar-refractivity contribution >= 4 is 23.4 Å². The monoisotopic (exact) mass is 417 g/mol. The van der Waals surface area contributed by atoms with E-state index in [1.807, 2.05) is 0 Å². The van der Waals surface area contributed by atoms with Gasteiger partial charge in [0, 0.05) is 17.5 Å². The van der Waals surface area contributed by atoms with Crippen molar-refractivity contribution in [3.63, 3.8) is 0 Å². The molecule has 30 heavy (non-hydrogen) atoms. The molecule has 2 atom stereocenters. The number of methoxy groups -OCH3 is 1. The van der Waals surface area contributed by atoms with E-state index in [9.17, 15) is 34.9 Å². The summed E-state index contributed by atoms with van der Waals surface area (Å²) < 4.78 is 4.72. The topological polar surface area (TPSA) is 162 Å². The molecule has 0 aliphatic carbocycles. The third kappa shape index (κ3) is 5.07. The van der Waals surface area contributed by atoms with Crippen molar-refractivity contribution in [3.05, 3.63) is 79.4 Å². The Morgan fingerprint density at radius 3 is 2.27 bits per heavy atom. The smallest absolute Gasteiger partial charge is 0.405 e. The summed E-state index contributed by atoms with van der Waals surface area (Å²) in [6, 6.07) is 9.70. The van der Waals surface area contributed by atoms with Gasteiger partial charge in [-0.2, -0.15) is 0 Å². The summed E-state index contributed by atoms with van der Waals surface area (Å²) in [5.41, 5.74) is -0.476. The van der Waals surface area contributed by atoms with Gasteiger partial charge >= 0.3 is 23.4 Å². The second kappa shape index (κ2) is 9.45. The van der Waals surface area contributed by atoms with Crippen LogP contribution in [0, 0.1) is 27.2 Å². The Kier molecular flexibility index (Phi) is 7.02. The molecule has 0 saturated heterocycles. The molecule has 0 fully saturated rings. The molecule has 11 nitrogen and oxygen atoms in total. The first-order valence-corrected chi connectivity index (χ1v) is 8.70. The quantitative estimate of drug-likeness (QED) is 0.376. The number of nitrogens with zero attached hydrogens (tertiary/aromatic N) is 2. The Morgan fingerprint density at radius 1 is 1.13 bits per heavy atom. The van der Waals surface area contributed by atoms with Crippen molar-refractivity contribution in [1.82, 2.24) is 5.32 Å². The number of rotatable bonds is 8. The molecule has 0 aromatic heterocycles. The van der Waals surface area contributed by atoms with E-state index in [1.165, 1.54) is 13.0 Å². The zero-order valence-electron chi connectivity index (χ0n) is 16.1. The average molecular weight is 417 g/mol. The maximum Gasteiger partial charge on any atom is 0.405 e. The predicted molar refractivity (Wildman–Crippen MR) is 104 cm³/mol. The number of ether oxygens (including phenoxy) is 1. The number of hydrogen-bond donors (Lipinski definition) is 2. The fraction of sp³-hybridized carbons (Fsp3) is 0.263. The Labute approximate surface area is 170 Å². The van der Waals surface area contributed by atoms with Crippen LogP contribution in [0.25, 0.3) is 0 Å². The first kappa shape index (κ1) is 22.3. The highest BCUT2D eigenvalue weighted by atomic mass is 16.6. The van der Waals surface area contributed by atoms with Crippen LogP contribution in [0.5, 0.6) is 0 Å². The molecule has 2 N–H and O–H groups in total. The van der Waals surface area contributed by atoms with E-state index in [4.69, 9.17) is 4.74 Å². The molecule has 2 aromatic rings. The Bertz CT molecular complexity index is 977. The van der Waals surface area contributed by atoms with Crippen LogP contribution in [0.1, 0.15) is 22.6 Å². The second-order valence-corrected chi connectivity index (χ2v) is 6.47. The molecule has 0 aliphatic rings. The van der Waals surface area contributed by atoms with Crippen LogP contribution in [0.3, 0.4) is 0 Å². The Hall–Kier alpha value is -4.02. The number of esters is 1. The lowest BCUT2D eigenvalue weighted by Gasteiger charge is -2.26. The number of hydrogen-bond acceptors (Lipinski definition) is 7. The summed E-state index contributed by atoms with van der Waals surface area (Å²) in [6.45, 7) is 1.34. The number of nitrogens with one attached hydrogen (secondary N) is 1. The number of nitro groups is 2. The van der Waals surface area contributed by atoms with Crippen molar-refractivity contribution in [2.75, 3.05) is 7.11 Å². The van der Waals surface area contributed by atoms with Gasteiger partial charge in [-0.3, -0.25) is 20.2 Å². The molecule has 2 aromatic carbocycles. The molecule has 0 heterocycles. The summed E-state index contributed by atoms with van der Waals surface area (Å²) in [5.74, 6) is -1.81. The van der Waals surface area contributed by atoms with E-state index >= 15 is 0 Å². The number of benzene rings is 2. The lowest BCUT2D eigenvalue weighted by molar-refractivity contribution is -0.422. The first-order chi connectivity index (χ1) is 14.1. The predicted octanol–water partition coefficient (Wildman–Crippen LogP) is 2.95. The van der Waals surface area contributed by atoms with E-state index in [0.29, 0.717) is 0 Å². The fourth-order valence-corrected chi connectivity index (χ4v) is 3.26. The van der Waals surface area contributed by atoms with Crippen molar-refractivity contribution < 1.29 is 29.3 Å². The zero-order valence-corrected chi connectivity index (χ0v) is 16.1. The van der Waals surface area contributed by atoms with Gasteiger partial charge in [-0.15, -0.1) is 0 Å². The maximum absolute atomic E-state index is 12.3.